The third-order valence-electron chi connectivity index (χ3n) is 4.86. The number of rotatable bonds is 5. The van der Waals surface area contributed by atoms with E-state index in [0.717, 1.165) is 29.8 Å². The molecule has 27 heavy (non-hydrogen) atoms. The highest BCUT2D eigenvalue weighted by Gasteiger charge is 2.28. The van der Waals surface area contributed by atoms with Crippen LogP contribution in [-0.2, 0) is 0 Å². The second-order valence-electron chi connectivity index (χ2n) is 6.72. The van der Waals surface area contributed by atoms with E-state index >= 15 is 0 Å². The van der Waals surface area contributed by atoms with Crippen LogP contribution in [0.25, 0.3) is 5.52 Å². The van der Waals surface area contributed by atoms with Crippen LogP contribution in [0.3, 0.4) is 0 Å². The van der Waals surface area contributed by atoms with Crippen LogP contribution in [-0.4, -0.2) is 45.1 Å². The van der Waals surface area contributed by atoms with E-state index in [-0.39, 0.29) is 12.1 Å². The van der Waals surface area contributed by atoms with E-state index in [4.69, 9.17) is 15.2 Å². The van der Waals surface area contributed by atoms with Gasteiger partial charge in [-0.2, -0.15) is 5.10 Å². The molecule has 1 aromatic carbocycles. The van der Waals surface area contributed by atoms with Crippen molar-refractivity contribution in [3.8, 4) is 11.5 Å². The van der Waals surface area contributed by atoms with Crippen LogP contribution in [0.15, 0.2) is 42.9 Å². The van der Waals surface area contributed by atoms with E-state index in [1.54, 1.807) is 11.6 Å². The number of fused-ring (bicyclic) bond motifs is 1. The number of hydrogen-bond donors (Lipinski definition) is 3. The predicted molar refractivity (Wildman–Crippen MR) is 102 cm³/mol. The molecule has 0 saturated heterocycles. The maximum atomic E-state index is 10.0. The number of nitrogens with two attached hydrogens (primary N) is 1. The van der Waals surface area contributed by atoms with Gasteiger partial charge in [-0.05, 0) is 25.0 Å². The van der Waals surface area contributed by atoms with Gasteiger partial charge in [0.05, 0.1) is 13.2 Å². The first-order valence-electron chi connectivity index (χ1n) is 8.98. The smallest absolute Gasteiger partial charge is 0.162 e. The van der Waals surface area contributed by atoms with Crippen LogP contribution in [0.2, 0.25) is 0 Å². The number of hydrogen-bond acceptors (Lipinski definition) is 7. The minimum atomic E-state index is -0.539. The fourth-order valence-corrected chi connectivity index (χ4v) is 3.37. The molecule has 142 valence electrons. The van der Waals surface area contributed by atoms with Gasteiger partial charge in [0.15, 0.2) is 11.6 Å². The minimum Gasteiger partial charge on any atom is -0.497 e. The fraction of sp³-hybridized carbons (Fsp3) is 0.368. The molecule has 0 radical (unpaired) electrons. The molecule has 4 N–H and O–H groups in total. The molecule has 2 aromatic heterocycles. The molecule has 8 heteroatoms. The van der Waals surface area contributed by atoms with Crippen LogP contribution in [0.1, 0.15) is 19.3 Å². The Morgan fingerprint density at radius 1 is 1.30 bits per heavy atom. The second-order valence-corrected chi connectivity index (χ2v) is 6.72. The van der Waals surface area contributed by atoms with Crippen LogP contribution >= 0.6 is 0 Å². The van der Waals surface area contributed by atoms with Crippen molar-refractivity contribution in [1.29, 1.82) is 0 Å². The van der Waals surface area contributed by atoms with Crippen molar-refractivity contribution in [1.82, 2.24) is 14.6 Å². The Hall–Kier alpha value is -2.84. The monoisotopic (exact) mass is 369 g/mol. The molecule has 1 aliphatic carbocycles. The van der Waals surface area contributed by atoms with E-state index in [1.165, 1.54) is 6.33 Å². The quantitative estimate of drug-likeness (QED) is 0.632. The first-order chi connectivity index (χ1) is 13.1. The number of ether oxygens (including phenoxy) is 2. The molecule has 8 nitrogen and oxygen atoms in total. The highest BCUT2D eigenvalue weighted by atomic mass is 16.5. The first-order valence-corrected chi connectivity index (χ1v) is 8.98. The molecule has 0 spiro atoms. The summed E-state index contributed by atoms with van der Waals surface area (Å²) in [6.07, 6.45) is 4.76. The number of aliphatic hydroxyl groups excluding tert-OH is 1. The number of anilines is 2. The lowest BCUT2D eigenvalue weighted by Crippen LogP contribution is -2.43. The molecule has 1 saturated carbocycles. The highest BCUT2D eigenvalue weighted by Crippen LogP contribution is 2.32. The molecular weight excluding hydrogens is 346 g/mol. The summed E-state index contributed by atoms with van der Waals surface area (Å²) in [6, 6.07) is 9.30. The van der Waals surface area contributed by atoms with Crippen LogP contribution in [0.4, 0.5) is 11.5 Å². The lowest BCUT2D eigenvalue weighted by atomic mass is 9.91. The van der Waals surface area contributed by atoms with Crippen LogP contribution in [0.5, 0.6) is 11.5 Å². The molecule has 0 aliphatic heterocycles. The summed E-state index contributed by atoms with van der Waals surface area (Å²) in [5, 5.41) is 17.6. The molecule has 1 aliphatic rings. The van der Waals surface area contributed by atoms with Crippen LogP contribution < -0.4 is 20.5 Å². The average molecular weight is 369 g/mol. The van der Waals surface area contributed by atoms with E-state index in [1.807, 2.05) is 36.5 Å². The minimum absolute atomic E-state index is 0.0872. The third kappa shape index (κ3) is 3.67. The molecule has 2 heterocycles. The molecule has 0 bridgehead atoms. The maximum absolute atomic E-state index is 10.0. The summed E-state index contributed by atoms with van der Waals surface area (Å²) < 4.78 is 13.2. The Morgan fingerprint density at radius 2 is 2.19 bits per heavy atom. The topological polar surface area (TPSA) is 107 Å². The van der Waals surface area contributed by atoms with Crippen molar-refractivity contribution >= 4 is 17.0 Å². The summed E-state index contributed by atoms with van der Waals surface area (Å²) in [5.41, 5.74) is 7.48. The van der Waals surface area contributed by atoms with Crippen molar-refractivity contribution in [2.24, 2.45) is 5.73 Å². The van der Waals surface area contributed by atoms with Crippen LogP contribution in [0, 0.1) is 0 Å². The number of aromatic nitrogens is 3. The Bertz CT molecular complexity index is 929. The van der Waals surface area contributed by atoms with E-state index in [0.29, 0.717) is 18.0 Å². The maximum Gasteiger partial charge on any atom is 0.162 e. The van der Waals surface area contributed by atoms with Gasteiger partial charge in [0.2, 0.25) is 0 Å². The summed E-state index contributed by atoms with van der Waals surface area (Å²) in [4.78, 5) is 4.38. The van der Waals surface area contributed by atoms with Gasteiger partial charge in [0.1, 0.15) is 23.7 Å². The van der Waals surface area contributed by atoms with Gasteiger partial charge in [-0.3, -0.25) is 0 Å². The number of benzene rings is 1. The zero-order valence-electron chi connectivity index (χ0n) is 15.1. The number of aliphatic hydroxyl groups is 1. The van der Waals surface area contributed by atoms with E-state index < -0.39 is 6.10 Å². The van der Waals surface area contributed by atoms with Crippen molar-refractivity contribution < 1.29 is 14.6 Å². The normalized spacial score (nSPS) is 22.6. The van der Waals surface area contributed by atoms with E-state index in [9.17, 15) is 5.11 Å². The highest BCUT2D eigenvalue weighted by molar-refractivity contribution is 5.79. The van der Waals surface area contributed by atoms with Gasteiger partial charge in [0.25, 0.3) is 0 Å². The van der Waals surface area contributed by atoms with Crippen molar-refractivity contribution in [3.63, 3.8) is 0 Å². The molecule has 3 unspecified atom stereocenters. The summed E-state index contributed by atoms with van der Waals surface area (Å²) in [5.74, 6) is 2.06. The van der Waals surface area contributed by atoms with E-state index in [2.05, 4.69) is 15.4 Å². The SMILES string of the molecule is COc1cccc(Nc2ncnn3ccc(OC4CCC(N)C(O)C4)c23)c1. The van der Waals surface area contributed by atoms with Gasteiger partial charge in [-0.15, -0.1) is 0 Å². The number of nitrogens with zero attached hydrogens (tertiary/aromatic N) is 3. The second kappa shape index (κ2) is 7.42. The molecule has 3 aromatic rings. The average Bonchev–Trinajstić information content (AvgIpc) is 3.09. The Balaban J connectivity index is 1.61. The van der Waals surface area contributed by atoms with Gasteiger partial charge in [-0.1, -0.05) is 6.07 Å². The predicted octanol–water partition coefficient (Wildman–Crippen LogP) is 2.10. The fourth-order valence-electron chi connectivity index (χ4n) is 3.37. The van der Waals surface area contributed by atoms with Crippen molar-refractivity contribution in [3.05, 3.63) is 42.9 Å². The number of methoxy groups -OCH3 is 1. The largest absolute Gasteiger partial charge is 0.497 e. The standard InChI is InChI=1S/C19H23N5O3/c1-26-13-4-2-3-12(9-13)23-19-18-17(7-8-24(18)22-11-21-19)27-14-5-6-15(20)16(25)10-14/h2-4,7-9,11,14-16,25H,5-6,10,20H2,1H3,(H,21,22,23). The molecule has 4 rings (SSSR count). The Morgan fingerprint density at radius 3 is 3.00 bits per heavy atom. The molecule has 1 fully saturated rings. The number of nitrogens with one attached hydrogen (secondary N) is 1. The molecule has 3 atom stereocenters. The van der Waals surface area contributed by atoms with Gasteiger partial charge < -0.3 is 25.6 Å². The summed E-state index contributed by atoms with van der Waals surface area (Å²) in [7, 11) is 1.63. The third-order valence-corrected chi connectivity index (χ3v) is 4.86. The van der Waals surface area contributed by atoms with Crippen molar-refractivity contribution in [2.75, 3.05) is 12.4 Å². The van der Waals surface area contributed by atoms with Gasteiger partial charge in [-0.25, -0.2) is 9.50 Å². The van der Waals surface area contributed by atoms with Gasteiger partial charge in [0, 0.05) is 36.5 Å². The lowest BCUT2D eigenvalue weighted by Gasteiger charge is -2.30. The first kappa shape index (κ1) is 17.6. The Kier molecular flexibility index (Phi) is 4.83. The molecular formula is C19H23N5O3. The Labute approximate surface area is 156 Å². The summed E-state index contributed by atoms with van der Waals surface area (Å²) in [6.45, 7) is 0. The lowest BCUT2D eigenvalue weighted by molar-refractivity contribution is 0.0399. The van der Waals surface area contributed by atoms with Gasteiger partial charge >= 0.3 is 0 Å². The zero-order valence-corrected chi connectivity index (χ0v) is 15.1. The molecule has 0 amide bonds. The zero-order chi connectivity index (χ0) is 18.8. The van der Waals surface area contributed by atoms with Crippen molar-refractivity contribution in [2.45, 2.75) is 37.5 Å². The summed E-state index contributed by atoms with van der Waals surface area (Å²) >= 11 is 0.